The summed E-state index contributed by atoms with van der Waals surface area (Å²) in [4.78, 5) is 16.1. The number of hydrogen-bond donors (Lipinski definition) is 2. The van der Waals surface area contributed by atoms with Crippen molar-refractivity contribution in [3.8, 4) is 0 Å². The SMILES string of the molecule is CC1(C)CCCC1C(=O)NCCc1ncn[nH]1. The molecule has 0 aromatic carbocycles. The average molecular weight is 236 g/mol. The lowest BCUT2D eigenvalue weighted by Crippen LogP contribution is -2.37. The summed E-state index contributed by atoms with van der Waals surface area (Å²) in [6, 6.07) is 0. The summed E-state index contributed by atoms with van der Waals surface area (Å²) >= 11 is 0. The maximum atomic E-state index is 12.0. The van der Waals surface area contributed by atoms with Crippen LogP contribution in [0, 0.1) is 11.3 Å². The van der Waals surface area contributed by atoms with E-state index in [4.69, 9.17) is 0 Å². The first kappa shape index (κ1) is 12.1. The van der Waals surface area contributed by atoms with E-state index < -0.39 is 0 Å². The monoisotopic (exact) mass is 236 g/mol. The molecule has 5 heteroatoms. The number of H-pyrrole nitrogens is 1. The van der Waals surface area contributed by atoms with Gasteiger partial charge in [0.2, 0.25) is 5.91 Å². The summed E-state index contributed by atoms with van der Waals surface area (Å²) < 4.78 is 0. The van der Waals surface area contributed by atoms with Crippen molar-refractivity contribution in [2.24, 2.45) is 11.3 Å². The molecule has 1 aliphatic rings. The Bertz CT molecular complexity index is 372. The first-order valence-electron chi connectivity index (χ1n) is 6.21. The second-order valence-corrected chi connectivity index (χ2v) is 5.41. The van der Waals surface area contributed by atoms with E-state index >= 15 is 0 Å². The van der Waals surface area contributed by atoms with Crippen molar-refractivity contribution in [1.82, 2.24) is 20.5 Å². The largest absolute Gasteiger partial charge is 0.355 e. The second kappa shape index (κ2) is 4.85. The molecule has 1 aliphatic carbocycles. The fourth-order valence-corrected chi connectivity index (χ4v) is 2.59. The molecule has 0 spiro atoms. The number of aromatic nitrogens is 3. The van der Waals surface area contributed by atoms with Crippen molar-refractivity contribution in [2.45, 2.75) is 39.5 Å². The Morgan fingerprint density at radius 2 is 2.47 bits per heavy atom. The number of nitrogens with zero attached hydrogens (tertiary/aromatic N) is 2. The van der Waals surface area contributed by atoms with E-state index in [-0.39, 0.29) is 17.2 Å². The topological polar surface area (TPSA) is 70.7 Å². The van der Waals surface area contributed by atoms with Gasteiger partial charge >= 0.3 is 0 Å². The van der Waals surface area contributed by atoms with E-state index in [0.717, 1.165) is 25.1 Å². The quantitative estimate of drug-likeness (QED) is 0.827. The van der Waals surface area contributed by atoms with E-state index in [1.165, 1.54) is 6.33 Å². The van der Waals surface area contributed by atoms with Gasteiger partial charge < -0.3 is 5.32 Å². The second-order valence-electron chi connectivity index (χ2n) is 5.41. The molecule has 0 aliphatic heterocycles. The Kier molecular flexibility index (Phi) is 3.45. The molecule has 1 heterocycles. The highest BCUT2D eigenvalue weighted by molar-refractivity contribution is 5.79. The minimum Gasteiger partial charge on any atom is -0.355 e. The highest BCUT2D eigenvalue weighted by Gasteiger charge is 2.38. The summed E-state index contributed by atoms with van der Waals surface area (Å²) in [5, 5.41) is 9.55. The zero-order chi connectivity index (χ0) is 12.3. The van der Waals surface area contributed by atoms with Gasteiger partial charge in [0.25, 0.3) is 0 Å². The number of nitrogens with one attached hydrogen (secondary N) is 2. The molecule has 1 amide bonds. The van der Waals surface area contributed by atoms with Gasteiger partial charge in [-0.1, -0.05) is 20.3 Å². The fraction of sp³-hybridized carbons (Fsp3) is 0.750. The summed E-state index contributed by atoms with van der Waals surface area (Å²) in [6.07, 6.45) is 5.51. The van der Waals surface area contributed by atoms with Crippen molar-refractivity contribution in [2.75, 3.05) is 6.54 Å². The number of hydrogen-bond acceptors (Lipinski definition) is 3. The molecule has 1 aromatic rings. The molecule has 1 atom stereocenters. The molecule has 0 radical (unpaired) electrons. The molecule has 1 saturated carbocycles. The van der Waals surface area contributed by atoms with Crippen LogP contribution in [0.4, 0.5) is 0 Å². The predicted molar refractivity (Wildman–Crippen MR) is 64.2 cm³/mol. The smallest absolute Gasteiger partial charge is 0.223 e. The van der Waals surface area contributed by atoms with Crippen LogP contribution in [0.3, 0.4) is 0 Å². The zero-order valence-electron chi connectivity index (χ0n) is 10.5. The third-order valence-electron chi connectivity index (χ3n) is 3.70. The highest BCUT2D eigenvalue weighted by atomic mass is 16.1. The van der Waals surface area contributed by atoms with Gasteiger partial charge in [0, 0.05) is 18.9 Å². The molecule has 0 bridgehead atoms. The van der Waals surface area contributed by atoms with E-state index in [2.05, 4.69) is 34.3 Å². The lowest BCUT2D eigenvalue weighted by atomic mass is 9.81. The van der Waals surface area contributed by atoms with Gasteiger partial charge in [-0.3, -0.25) is 9.89 Å². The fourth-order valence-electron chi connectivity index (χ4n) is 2.59. The molecule has 1 fully saturated rings. The molecule has 5 nitrogen and oxygen atoms in total. The van der Waals surface area contributed by atoms with Crippen LogP contribution < -0.4 is 5.32 Å². The highest BCUT2D eigenvalue weighted by Crippen LogP contribution is 2.42. The van der Waals surface area contributed by atoms with Gasteiger partial charge in [-0.05, 0) is 18.3 Å². The summed E-state index contributed by atoms with van der Waals surface area (Å²) in [5.41, 5.74) is 0.149. The van der Waals surface area contributed by atoms with E-state index in [9.17, 15) is 4.79 Å². The molecule has 0 saturated heterocycles. The average Bonchev–Trinajstić information content (AvgIpc) is 2.87. The van der Waals surface area contributed by atoms with E-state index in [1.807, 2.05) is 0 Å². The Hall–Kier alpha value is -1.39. The van der Waals surface area contributed by atoms with E-state index in [0.29, 0.717) is 13.0 Å². The van der Waals surface area contributed by atoms with Crippen LogP contribution in [0.1, 0.15) is 38.9 Å². The number of amides is 1. The van der Waals surface area contributed by atoms with Crippen molar-refractivity contribution < 1.29 is 4.79 Å². The number of aromatic amines is 1. The van der Waals surface area contributed by atoms with Crippen LogP contribution in [0.15, 0.2) is 6.33 Å². The zero-order valence-corrected chi connectivity index (χ0v) is 10.5. The molecule has 17 heavy (non-hydrogen) atoms. The lowest BCUT2D eigenvalue weighted by Gasteiger charge is -2.25. The number of carbonyl (C=O) groups excluding carboxylic acids is 1. The van der Waals surface area contributed by atoms with Crippen LogP contribution in [0.5, 0.6) is 0 Å². The number of rotatable bonds is 4. The summed E-state index contributed by atoms with van der Waals surface area (Å²) in [7, 11) is 0. The van der Waals surface area contributed by atoms with Crippen LogP contribution in [0.25, 0.3) is 0 Å². The van der Waals surface area contributed by atoms with Crippen molar-refractivity contribution in [3.63, 3.8) is 0 Å². The molecular weight excluding hydrogens is 216 g/mol. The lowest BCUT2D eigenvalue weighted by molar-refractivity contribution is -0.127. The summed E-state index contributed by atoms with van der Waals surface area (Å²) in [6.45, 7) is 4.99. The van der Waals surface area contributed by atoms with Crippen LogP contribution >= 0.6 is 0 Å². The van der Waals surface area contributed by atoms with Gasteiger partial charge in [-0.15, -0.1) is 0 Å². The molecule has 94 valence electrons. The Morgan fingerprint density at radius 1 is 1.65 bits per heavy atom. The maximum Gasteiger partial charge on any atom is 0.223 e. The molecular formula is C12H20N4O. The number of carbonyl (C=O) groups is 1. The van der Waals surface area contributed by atoms with Gasteiger partial charge in [-0.2, -0.15) is 5.10 Å². The van der Waals surface area contributed by atoms with Gasteiger partial charge in [0.15, 0.2) is 0 Å². The third-order valence-corrected chi connectivity index (χ3v) is 3.70. The predicted octanol–water partition coefficient (Wildman–Crippen LogP) is 1.29. The Balaban J connectivity index is 1.78. The van der Waals surface area contributed by atoms with Crippen LogP contribution in [0.2, 0.25) is 0 Å². The molecule has 1 unspecified atom stereocenters. The first-order valence-corrected chi connectivity index (χ1v) is 6.21. The van der Waals surface area contributed by atoms with Crippen molar-refractivity contribution >= 4 is 5.91 Å². The van der Waals surface area contributed by atoms with E-state index in [1.54, 1.807) is 0 Å². The Morgan fingerprint density at radius 3 is 3.06 bits per heavy atom. The minimum atomic E-state index is 0.149. The van der Waals surface area contributed by atoms with Gasteiger partial charge in [0.1, 0.15) is 12.2 Å². The molecule has 2 rings (SSSR count). The minimum absolute atomic E-state index is 0.149. The van der Waals surface area contributed by atoms with Gasteiger partial charge in [-0.25, -0.2) is 4.98 Å². The van der Waals surface area contributed by atoms with Crippen molar-refractivity contribution in [1.29, 1.82) is 0 Å². The first-order chi connectivity index (χ1) is 8.09. The van der Waals surface area contributed by atoms with Crippen LogP contribution in [-0.2, 0) is 11.2 Å². The Labute approximate surface area is 101 Å². The van der Waals surface area contributed by atoms with Gasteiger partial charge in [0.05, 0.1) is 0 Å². The molecule has 2 N–H and O–H groups in total. The normalized spacial score (nSPS) is 22.6. The summed E-state index contributed by atoms with van der Waals surface area (Å²) in [5.74, 6) is 1.17. The third kappa shape index (κ3) is 2.84. The standard InChI is InChI=1S/C12H20N4O/c1-12(2)6-3-4-9(12)11(17)13-7-5-10-14-8-15-16-10/h8-9H,3-7H2,1-2H3,(H,13,17)(H,14,15,16). The maximum absolute atomic E-state index is 12.0. The molecule has 1 aromatic heterocycles. The van der Waals surface area contributed by atoms with Crippen LogP contribution in [-0.4, -0.2) is 27.6 Å². The van der Waals surface area contributed by atoms with Crippen molar-refractivity contribution in [3.05, 3.63) is 12.2 Å².